The van der Waals surface area contributed by atoms with Gasteiger partial charge in [-0.05, 0) is 299 Å². The van der Waals surface area contributed by atoms with Crippen LogP contribution in [0.4, 0.5) is 34.1 Å². The molecule has 0 atom stereocenters. The molecule has 0 saturated carbocycles. The standard InChI is InChI=1S/C118H78N4/c1-117(2)105-65-81(53-57-91(105)101-67-97-87-31-15-11-27-83(87)85-29-13-17-33-89(85)99(97)69-107(101)117)119(79-49-39-71(40-50-79)75-47-61-113-103(63-75)93-35-19-21-37-109(93)121(113)77-23-7-5-8-24-77)111-59-45-73-44-56-96-112(60-46-74-43-55-95(111)115(73)116(74)96)120(80-51-41-72(42-52-80)76-48-62-114-104(64-76)94-36-20-22-38-110(94)122(114)78-25-9-6-10-26-78)82-54-58-92-102-68-98-88-32-16-12-28-84(88)86-30-14-18-34-90(86)100(98)70-108(102)118(3,4)106(92)66-82/h5-70H,1-4H3. The Morgan fingerprint density at radius 1 is 0.189 bits per heavy atom. The second-order valence-electron chi connectivity index (χ2n) is 35.0. The van der Waals surface area contributed by atoms with E-state index in [1.165, 1.54) is 196 Å². The molecule has 0 unspecified atom stereocenters. The van der Waals surface area contributed by atoms with Crippen molar-refractivity contribution in [3.05, 3.63) is 423 Å². The molecule has 0 fully saturated rings. The normalized spacial score (nSPS) is 13.4. The molecule has 122 heavy (non-hydrogen) atoms. The fourth-order valence-electron chi connectivity index (χ4n) is 22.2. The lowest BCUT2D eigenvalue weighted by Crippen LogP contribution is -2.17. The molecule has 0 radical (unpaired) electrons. The molecular weight excluding hydrogens is 1470 g/mol. The van der Waals surface area contributed by atoms with Crippen LogP contribution >= 0.6 is 0 Å². The van der Waals surface area contributed by atoms with E-state index in [2.05, 4.69) is 447 Å². The first-order chi connectivity index (χ1) is 60.0. The van der Waals surface area contributed by atoms with E-state index in [-0.39, 0.29) is 10.8 Å². The van der Waals surface area contributed by atoms with Crippen molar-refractivity contribution in [3.8, 4) is 55.9 Å². The molecule has 0 saturated heterocycles. The first-order valence-corrected chi connectivity index (χ1v) is 42.8. The summed E-state index contributed by atoms with van der Waals surface area (Å²) in [5.74, 6) is 0. The van der Waals surface area contributed by atoms with E-state index in [1.807, 2.05) is 0 Å². The van der Waals surface area contributed by atoms with Crippen molar-refractivity contribution in [2.24, 2.45) is 0 Å². The lowest BCUT2D eigenvalue weighted by Gasteiger charge is -2.31. The quantitative estimate of drug-likeness (QED) is 0.127. The van der Waals surface area contributed by atoms with Crippen LogP contribution < -0.4 is 9.80 Å². The number of benzene rings is 22. The van der Waals surface area contributed by atoms with Gasteiger partial charge in [-0.2, -0.15) is 0 Å². The lowest BCUT2D eigenvalue weighted by molar-refractivity contribution is 0.661. The molecule has 2 aliphatic rings. The minimum Gasteiger partial charge on any atom is -0.310 e. The van der Waals surface area contributed by atoms with Crippen LogP contribution in [-0.2, 0) is 10.8 Å². The Bertz CT molecular complexity index is 8110. The van der Waals surface area contributed by atoms with Crippen LogP contribution in [0.5, 0.6) is 0 Å². The Balaban J connectivity index is 0.653. The zero-order chi connectivity index (χ0) is 80.5. The van der Waals surface area contributed by atoms with Crippen LogP contribution in [0, 0.1) is 0 Å². The second-order valence-corrected chi connectivity index (χ2v) is 35.0. The first kappa shape index (κ1) is 68.7. The van der Waals surface area contributed by atoms with Gasteiger partial charge in [0, 0.05) is 77.3 Å². The number of hydrogen-bond donors (Lipinski definition) is 0. The summed E-state index contributed by atoms with van der Waals surface area (Å²) in [6.45, 7) is 9.76. The van der Waals surface area contributed by atoms with Crippen LogP contribution in [0.3, 0.4) is 0 Å². The van der Waals surface area contributed by atoms with Crippen LogP contribution in [-0.4, -0.2) is 9.13 Å². The summed E-state index contributed by atoms with van der Waals surface area (Å²) in [5.41, 5.74) is 28.2. The summed E-state index contributed by atoms with van der Waals surface area (Å²) in [5, 5.41) is 27.6. The van der Waals surface area contributed by atoms with Crippen LogP contribution in [0.25, 0.3) is 196 Å². The summed E-state index contributed by atoms with van der Waals surface area (Å²) in [4.78, 5) is 5.10. The van der Waals surface area contributed by atoms with E-state index >= 15 is 0 Å². The van der Waals surface area contributed by atoms with Crippen molar-refractivity contribution in [2.45, 2.75) is 38.5 Å². The van der Waals surface area contributed by atoms with E-state index in [1.54, 1.807) is 0 Å². The molecule has 0 bridgehead atoms. The predicted octanol–water partition coefficient (Wildman–Crippen LogP) is 32.6. The third kappa shape index (κ3) is 9.80. The maximum Gasteiger partial charge on any atom is 0.0541 e. The summed E-state index contributed by atoms with van der Waals surface area (Å²) < 4.78 is 4.80. The highest BCUT2D eigenvalue weighted by Gasteiger charge is 2.40. The van der Waals surface area contributed by atoms with Gasteiger partial charge in [-0.3, -0.25) is 0 Å². The van der Waals surface area contributed by atoms with Gasteiger partial charge in [-0.15, -0.1) is 0 Å². The molecule has 2 aromatic heterocycles. The molecule has 26 rings (SSSR count). The Labute approximate surface area is 705 Å². The van der Waals surface area contributed by atoms with Crippen molar-refractivity contribution in [1.82, 2.24) is 9.13 Å². The number of rotatable bonds is 10. The minimum atomic E-state index is -0.331. The van der Waals surface area contributed by atoms with E-state index in [4.69, 9.17) is 0 Å². The van der Waals surface area contributed by atoms with Crippen molar-refractivity contribution < 1.29 is 0 Å². The predicted molar refractivity (Wildman–Crippen MR) is 519 cm³/mol. The Morgan fingerprint density at radius 3 is 0.861 bits per heavy atom. The van der Waals surface area contributed by atoms with E-state index in [0.29, 0.717) is 0 Å². The van der Waals surface area contributed by atoms with Gasteiger partial charge < -0.3 is 18.9 Å². The van der Waals surface area contributed by atoms with Crippen LogP contribution in [0.15, 0.2) is 400 Å². The van der Waals surface area contributed by atoms with Crippen molar-refractivity contribution >= 4 is 175 Å². The SMILES string of the molecule is CC1(C)c2cc(N(c3ccc(-c4ccc5c(c4)c4ccccc4n5-c4ccccc4)cc3)c3ccc4ccc5c(N(c6ccc(-c7ccc8c(c7)c7ccccc7n8-c7ccccc7)cc6)c6ccc7c(c6)C(C)(C)c6cc8c9ccccc9c9ccccc9c8cc6-7)ccc6ccc3c4c65)ccc2-c2cc3c4ccccc4c4ccccc4c3cc21. The smallest absolute Gasteiger partial charge is 0.0541 e. The third-order valence-corrected chi connectivity index (χ3v) is 28.0. The topological polar surface area (TPSA) is 16.3 Å². The van der Waals surface area contributed by atoms with Gasteiger partial charge >= 0.3 is 0 Å². The molecule has 22 aromatic carbocycles. The molecule has 4 nitrogen and oxygen atoms in total. The van der Waals surface area contributed by atoms with Crippen molar-refractivity contribution in [1.29, 1.82) is 0 Å². The largest absolute Gasteiger partial charge is 0.310 e. The summed E-state index contributed by atoms with van der Waals surface area (Å²) in [6.07, 6.45) is 0. The molecule has 2 heterocycles. The van der Waals surface area contributed by atoms with Crippen molar-refractivity contribution in [2.75, 3.05) is 9.80 Å². The van der Waals surface area contributed by atoms with Gasteiger partial charge in [-0.1, -0.05) is 282 Å². The monoisotopic (exact) mass is 1550 g/mol. The molecular formula is C118H78N4. The summed E-state index contributed by atoms with van der Waals surface area (Å²) in [6, 6.07) is 152. The highest BCUT2D eigenvalue weighted by Crippen LogP contribution is 2.58. The van der Waals surface area contributed by atoms with Gasteiger partial charge in [0.15, 0.2) is 0 Å². The second kappa shape index (κ2) is 25.6. The number of nitrogens with zero attached hydrogens (tertiary/aromatic N) is 4. The molecule has 570 valence electrons. The minimum absolute atomic E-state index is 0.331. The molecule has 2 aliphatic carbocycles. The number of fused-ring (bicyclic) bond motifs is 24. The highest BCUT2D eigenvalue weighted by molar-refractivity contribution is 6.30. The zero-order valence-corrected chi connectivity index (χ0v) is 67.9. The molecule has 0 spiro atoms. The number of para-hydroxylation sites is 4. The molecule has 0 aliphatic heterocycles. The molecule has 4 heteroatoms. The Kier molecular flexibility index (Phi) is 14.4. The molecule has 24 aromatic rings. The van der Waals surface area contributed by atoms with Gasteiger partial charge in [0.05, 0.1) is 33.4 Å². The number of hydrogen-bond acceptors (Lipinski definition) is 2. The molecule has 0 N–H and O–H groups in total. The van der Waals surface area contributed by atoms with Gasteiger partial charge in [0.25, 0.3) is 0 Å². The fraction of sp³-hybridized carbons (Fsp3) is 0.0508. The van der Waals surface area contributed by atoms with Gasteiger partial charge in [0.2, 0.25) is 0 Å². The van der Waals surface area contributed by atoms with Gasteiger partial charge in [0.1, 0.15) is 0 Å². The lowest BCUT2D eigenvalue weighted by atomic mass is 9.81. The summed E-state index contributed by atoms with van der Waals surface area (Å²) >= 11 is 0. The number of anilines is 6. The Morgan fingerprint density at radius 2 is 0.484 bits per heavy atom. The number of aromatic nitrogens is 2. The fourth-order valence-corrected chi connectivity index (χ4v) is 22.2. The average Bonchev–Trinajstić information content (AvgIpc) is 1.31. The van der Waals surface area contributed by atoms with Crippen LogP contribution in [0.1, 0.15) is 49.9 Å². The first-order valence-electron chi connectivity index (χ1n) is 42.8. The maximum absolute atomic E-state index is 2.55. The third-order valence-electron chi connectivity index (χ3n) is 28.0. The summed E-state index contributed by atoms with van der Waals surface area (Å²) in [7, 11) is 0. The maximum atomic E-state index is 2.55. The zero-order valence-electron chi connectivity index (χ0n) is 67.9. The van der Waals surface area contributed by atoms with Crippen molar-refractivity contribution in [3.63, 3.8) is 0 Å². The van der Waals surface area contributed by atoms with E-state index in [0.717, 1.165) is 56.6 Å². The van der Waals surface area contributed by atoms with Crippen LogP contribution in [0.2, 0.25) is 0 Å². The molecule has 0 amide bonds. The Hall–Kier alpha value is -15.4. The van der Waals surface area contributed by atoms with E-state index in [9.17, 15) is 0 Å². The highest BCUT2D eigenvalue weighted by atomic mass is 15.2. The van der Waals surface area contributed by atoms with Gasteiger partial charge in [-0.25, -0.2) is 0 Å². The average molecular weight is 1550 g/mol. The van der Waals surface area contributed by atoms with E-state index < -0.39 is 0 Å².